The Hall–Kier alpha value is -3.53. The Morgan fingerprint density at radius 1 is 0.935 bits per heavy atom. The molecule has 3 atom stereocenters. The first-order valence-electron chi connectivity index (χ1n) is 11.0. The van der Waals surface area contributed by atoms with Gasteiger partial charge in [-0.3, -0.25) is 0 Å². The molecule has 1 saturated carbocycles. The highest BCUT2D eigenvalue weighted by Gasteiger charge is 2.48. The maximum Gasteiger partial charge on any atom is 0.213 e. The van der Waals surface area contributed by atoms with E-state index in [2.05, 4.69) is 41.4 Å². The molecule has 0 radical (unpaired) electrons. The SMILES string of the molecule is Oc1ccccc1/C=C1\CCC[C@@H]2C1=NN1[C@H](c3ccccc3)Oc3ccccc3[C@@H]21. The van der Waals surface area contributed by atoms with Gasteiger partial charge in [-0.2, -0.15) is 5.10 Å². The van der Waals surface area contributed by atoms with Crippen LogP contribution in [0, 0.1) is 5.92 Å². The summed E-state index contributed by atoms with van der Waals surface area (Å²) in [6.07, 6.45) is 5.07. The van der Waals surface area contributed by atoms with Crippen LogP contribution in [0.5, 0.6) is 11.5 Å². The molecule has 3 aromatic carbocycles. The number of hydrogen-bond acceptors (Lipinski definition) is 4. The van der Waals surface area contributed by atoms with Gasteiger partial charge in [0.15, 0.2) is 0 Å². The second kappa shape index (κ2) is 7.31. The summed E-state index contributed by atoms with van der Waals surface area (Å²) in [7, 11) is 0. The number of nitrogens with zero attached hydrogens (tertiary/aromatic N) is 2. The average Bonchev–Trinajstić information content (AvgIpc) is 3.22. The second-order valence-electron chi connectivity index (χ2n) is 8.46. The molecule has 31 heavy (non-hydrogen) atoms. The molecule has 2 heterocycles. The van der Waals surface area contributed by atoms with Gasteiger partial charge in [-0.1, -0.05) is 66.7 Å². The van der Waals surface area contributed by atoms with Gasteiger partial charge in [0.05, 0.1) is 11.8 Å². The number of rotatable bonds is 2. The van der Waals surface area contributed by atoms with Crippen molar-refractivity contribution >= 4 is 11.8 Å². The monoisotopic (exact) mass is 408 g/mol. The average molecular weight is 409 g/mol. The van der Waals surface area contributed by atoms with Crippen molar-refractivity contribution in [1.29, 1.82) is 0 Å². The Kier molecular flexibility index (Phi) is 4.30. The van der Waals surface area contributed by atoms with Crippen LogP contribution in [0.4, 0.5) is 0 Å². The standard InChI is InChI=1S/C27H24N2O2/c30-23-15-6-4-11-19(23)17-20-12-8-14-22-25(20)28-29-26(22)21-13-5-7-16-24(21)31-27(29)18-9-2-1-3-10-18/h1-7,9-11,13,15-17,22,26-27,30H,8,12,14H2/b20-17+/t22-,26+,27+/m1/s1. The van der Waals surface area contributed by atoms with E-state index in [1.807, 2.05) is 42.5 Å². The molecular formula is C27H24N2O2. The van der Waals surface area contributed by atoms with E-state index < -0.39 is 0 Å². The first-order valence-corrected chi connectivity index (χ1v) is 11.0. The van der Waals surface area contributed by atoms with Gasteiger partial charge in [0.25, 0.3) is 0 Å². The highest BCUT2D eigenvalue weighted by atomic mass is 16.5. The lowest BCUT2D eigenvalue weighted by atomic mass is 9.77. The molecule has 2 aliphatic heterocycles. The molecule has 3 aliphatic rings. The van der Waals surface area contributed by atoms with Crippen LogP contribution in [0.25, 0.3) is 6.08 Å². The molecule has 1 N–H and O–H groups in total. The van der Waals surface area contributed by atoms with Gasteiger partial charge in [0.2, 0.25) is 6.23 Å². The van der Waals surface area contributed by atoms with Crippen LogP contribution < -0.4 is 4.74 Å². The summed E-state index contributed by atoms with van der Waals surface area (Å²) >= 11 is 0. The number of para-hydroxylation sites is 2. The smallest absolute Gasteiger partial charge is 0.213 e. The minimum Gasteiger partial charge on any atom is -0.507 e. The molecule has 3 aromatic rings. The molecular weight excluding hydrogens is 384 g/mol. The van der Waals surface area contributed by atoms with Crippen LogP contribution in [0.1, 0.15) is 48.2 Å². The summed E-state index contributed by atoms with van der Waals surface area (Å²) in [5, 5.41) is 17.6. The van der Waals surface area contributed by atoms with E-state index in [0.29, 0.717) is 11.7 Å². The van der Waals surface area contributed by atoms with Crippen LogP contribution in [-0.4, -0.2) is 15.8 Å². The van der Waals surface area contributed by atoms with E-state index in [-0.39, 0.29) is 12.3 Å². The van der Waals surface area contributed by atoms with Crippen molar-refractivity contribution in [3.05, 3.63) is 101 Å². The van der Waals surface area contributed by atoms with Crippen molar-refractivity contribution in [1.82, 2.24) is 5.01 Å². The van der Waals surface area contributed by atoms with E-state index in [9.17, 15) is 5.11 Å². The lowest BCUT2D eigenvalue weighted by Crippen LogP contribution is -2.36. The summed E-state index contributed by atoms with van der Waals surface area (Å²) in [5.74, 6) is 1.58. The molecule has 6 rings (SSSR count). The molecule has 0 aromatic heterocycles. The van der Waals surface area contributed by atoms with E-state index in [4.69, 9.17) is 9.84 Å². The summed E-state index contributed by atoms with van der Waals surface area (Å²) < 4.78 is 6.47. The van der Waals surface area contributed by atoms with E-state index in [0.717, 1.165) is 41.9 Å². The number of allylic oxidation sites excluding steroid dienone is 1. The van der Waals surface area contributed by atoms with Gasteiger partial charge in [0, 0.05) is 22.6 Å². The number of hydrogen-bond donors (Lipinski definition) is 1. The first-order chi connectivity index (χ1) is 15.3. The predicted octanol–water partition coefficient (Wildman–Crippen LogP) is 6.08. The van der Waals surface area contributed by atoms with Crippen LogP contribution in [-0.2, 0) is 0 Å². The van der Waals surface area contributed by atoms with E-state index >= 15 is 0 Å². The minimum absolute atomic E-state index is 0.165. The number of phenols is 1. The maximum absolute atomic E-state index is 10.3. The fourth-order valence-corrected chi connectivity index (χ4v) is 5.18. The van der Waals surface area contributed by atoms with Gasteiger partial charge >= 0.3 is 0 Å². The van der Waals surface area contributed by atoms with Crippen molar-refractivity contribution in [2.45, 2.75) is 31.5 Å². The molecule has 1 aliphatic carbocycles. The quantitative estimate of drug-likeness (QED) is 0.559. The summed E-state index contributed by atoms with van der Waals surface area (Å²) in [6.45, 7) is 0. The number of phenolic OH excluding ortho intramolecular Hbond substituents is 1. The largest absolute Gasteiger partial charge is 0.507 e. The van der Waals surface area contributed by atoms with Gasteiger partial charge < -0.3 is 9.84 Å². The number of hydrazone groups is 1. The lowest BCUT2D eigenvalue weighted by molar-refractivity contribution is -0.0293. The summed E-state index contributed by atoms with van der Waals surface area (Å²) in [4.78, 5) is 0. The highest BCUT2D eigenvalue weighted by Crippen LogP contribution is 2.52. The molecule has 154 valence electrons. The van der Waals surface area contributed by atoms with Gasteiger partial charge in [0.1, 0.15) is 11.5 Å². The number of aromatic hydroxyl groups is 1. The molecule has 0 unspecified atom stereocenters. The van der Waals surface area contributed by atoms with Gasteiger partial charge in [-0.05, 0) is 43.0 Å². The predicted molar refractivity (Wildman–Crippen MR) is 122 cm³/mol. The Balaban J connectivity index is 1.47. The fraction of sp³-hybridized carbons (Fsp3) is 0.222. The zero-order valence-electron chi connectivity index (χ0n) is 17.2. The topological polar surface area (TPSA) is 45.1 Å². The maximum atomic E-state index is 10.3. The van der Waals surface area contributed by atoms with E-state index in [1.54, 1.807) is 6.07 Å². The van der Waals surface area contributed by atoms with Crippen molar-refractivity contribution in [3.63, 3.8) is 0 Å². The van der Waals surface area contributed by atoms with Crippen molar-refractivity contribution in [3.8, 4) is 11.5 Å². The summed E-state index contributed by atoms with van der Waals surface area (Å²) in [5.41, 5.74) is 5.53. The minimum atomic E-state index is -0.245. The van der Waals surface area contributed by atoms with Crippen molar-refractivity contribution in [2.75, 3.05) is 0 Å². The molecule has 4 nitrogen and oxygen atoms in total. The zero-order chi connectivity index (χ0) is 20.8. The van der Waals surface area contributed by atoms with Crippen LogP contribution >= 0.6 is 0 Å². The first kappa shape index (κ1) is 18.3. The fourth-order valence-electron chi connectivity index (χ4n) is 5.18. The van der Waals surface area contributed by atoms with Crippen LogP contribution in [0.15, 0.2) is 89.5 Å². The number of benzene rings is 3. The molecule has 0 spiro atoms. The number of fused-ring (bicyclic) bond motifs is 5. The molecule has 0 saturated heterocycles. The second-order valence-corrected chi connectivity index (χ2v) is 8.46. The Labute approximate surface area is 182 Å². The Morgan fingerprint density at radius 3 is 2.58 bits per heavy atom. The highest BCUT2D eigenvalue weighted by molar-refractivity contribution is 6.07. The van der Waals surface area contributed by atoms with Gasteiger partial charge in [-0.25, -0.2) is 5.01 Å². The third kappa shape index (κ3) is 3.02. The Bertz CT molecular complexity index is 1180. The van der Waals surface area contributed by atoms with Gasteiger partial charge in [-0.15, -0.1) is 0 Å². The third-order valence-corrected chi connectivity index (χ3v) is 6.60. The normalized spacial score (nSPS) is 25.3. The molecule has 1 fully saturated rings. The molecule has 0 bridgehead atoms. The molecule has 4 heteroatoms. The lowest BCUT2D eigenvalue weighted by Gasteiger charge is -2.40. The molecule has 0 amide bonds. The number of ether oxygens (including phenoxy) is 1. The van der Waals surface area contributed by atoms with Crippen LogP contribution in [0.2, 0.25) is 0 Å². The zero-order valence-corrected chi connectivity index (χ0v) is 17.2. The van der Waals surface area contributed by atoms with Crippen molar-refractivity contribution in [2.24, 2.45) is 11.0 Å². The van der Waals surface area contributed by atoms with E-state index in [1.165, 1.54) is 11.1 Å². The van der Waals surface area contributed by atoms with Crippen LogP contribution in [0.3, 0.4) is 0 Å². The van der Waals surface area contributed by atoms with Crippen molar-refractivity contribution < 1.29 is 9.84 Å². The summed E-state index contributed by atoms with van der Waals surface area (Å²) in [6, 6.07) is 26.4. The Morgan fingerprint density at radius 2 is 1.71 bits per heavy atom. The third-order valence-electron chi connectivity index (χ3n) is 6.60.